The molecule has 0 bridgehead atoms. The van der Waals surface area contributed by atoms with Crippen molar-refractivity contribution in [3.8, 4) is 11.4 Å². The standard InChI is InChI=1S/C22H25ClN8O2/c1-30(2)29-18-19(23)28-21(15-4-3-5-16(24)10-15)31(22(18)33)12-17(32)27-11-13-6-8-14(9-7-13)20(25)26/h3-10,29H,11-12,24H2,1-2H3,(H3,25,26)(H,27,32). The average Bonchev–Trinajstić information content (AvgIpc) is 2.77. The van der Waals surface area contributed by atoms with Gasteiger partial charge in [0.2, 0.25) is 5.91 Å². The van der Waals surface area contributed by atoms with E-state index in [-0.39, 0.29) is 35.6 Å². The summed E-state index contributed by atoms with van der Waals surface area (Å²) in [7, 11) is 3.41. The Kier molecular flexibility index (Phi) is 7.31. The van der Waals surface area contributed by atoms with E-state index in [0.29, 0.717) is 16.8 Å². The predicted molar refractivity (Wildman–Crippen MR) is 130 cm³/mol. The number of rotatable bonds is 8. The molecule has 172 valence electrons. The van der Waals surface area contributed by atoms with Gasteiger partial charge in [-0.15, -0.1) is 0 Å². The minimum atomic E-state index is -0.498. The molecule has 0 unspecified atom stereocenters. The van der Waals surface area contributed by atoms with E-state index in [1.807, 2.05) is 0 Å². The van der Waals surface area contributed by atoms with E-state index >= 15 is 0 Å². The van der Waals surface area contributed by atoms with Crippen LogP contribution in [0.2, 0.25) is 5.15 Å². The number of hydrogen-bond acceptors (Lipinski definition) is 7. The Morgan fingerprint density at radius 2 is 1.91 bits per heavy atom. The fraction of sp³-hybridized carbons (Fsp3) is 0.182. The molecule has 3 rings (SSSR count). The van der Waals surface area contributed by atoms with E-state index in [4.69, 9.17) is 28.5 Å². The van der Waals surface area contributed by atoms with Crippen LogP contribution in [0.25, 0.3) is 11.4 Å². The first-order valence-electron chi connectivity index (χ1n) is 9.96. The summed E-state index contributed by atoms with van der Waals surface area (Å²) in [5.41, 5.74) is 16.2. The first-order valence-corrected chi connectivity index (χ1v) is 10.3. The molecule has 0 aliphatic rings. The van der Waals surface area contributed by atoms with Gasteiger partial charge in [0.05, 0.1) is 0 Å². The first kappa shape index (κ1) is 23.8. The Morgan fingerprint density at radius 1 is 1.21 bits per heavy atom. The van der Waals surface area contributed by atoms with Crippen LogP contribution in [0.5, 0.6) is 0 Å². The van der Waals surface area contributed by atoms with Gasteiger partial charge in [0, 0.05) is 37.5 Å². The van der Waals surface area contributed by atoms with Gasteiger partial charge >= 0.3 is 0 Å². The number of benzene rings is 2. The van der Waals surface area contributed by atoms with Crippen molar-refractivity contribution >= 4 is 34.7 Å². The van der Waals surface area contributed by atoms with Crippen LogP contribution >= 0.6 is 11.6 Å². The second-order valence-corrected chi connectivity index (χ2v) is 7.87. The zero-order valence-corrected chi connectivity index (χ0v) is 19.0. The van der Waals surface area contributed by atoms with Crippen molar-refractivity contribution in [1.29, 1.82) is 5.41 Å². The molecule has 1 heterocycles. The van der Waals surface area contributed by atoms with Crippen LogP contribution in [0.1, 0.15) is 11.1 Å². The number of amides is 1. The fourth-order valence-corrected chi connectivity index (χ4v) is 3.30. The zero-order chi connectivity index (χ0) is 24.1. The number of carbonyl (C=O) groups excluding carboxylic acids is 1. The number of anilines is 2. The van der Waals surface area contributed by atoms with Crippen molar-refractivity contribution in [2.24, 2.45) is 5.73 Å². The van der Waals surface area contributed by atoms with Crippen molar-refractivity contribution in [1.82, 2.24) is 19.9 Å². The number of nitrogen functional groups attached to an aromatic ring is 2. The lowest BCUT2D eigenvalue weighted by Crippen LogP contribution is -2.36. The Bertz CT molecular complexity index is 1240. The Balaban J connectivity index is 1.90. The average molecular weight is 469 g/mol. The van der Waals surface area contributed by atoms with Gasteiger partial charge in [0.15, 0.2) is 10.8 Å². The smallest absolute Gasteiger partial charge is 0.280 e. The van der Waals surface area contributed by atoms with Crippen LogP contribution in [0.3, 0.4) is 0 Å². The maximum Gasteiger partial charge on any atom is 0.280 e. The van der Waals surface area contributed by atoms with Crippen LogP contribution in [0.4, 0.5) is 11.4 Å². The molecule has 3 aromatic rings. The van der Waals surface area contributed by atoms with Crippen LogP contribution in [-0.4, -0.2) is 40.4 Å². The number of aromatic nitrogens is 2. The molecule has 7 N–H and O–H groups in total. The zero-order valence-electron chi connectivity index (χ0n) is 18.2. The molecular weight excluding hydrogens is 444 g/mol. The molecule has 0 aliphatic carbocycles. The summed E-state index contributed by atoms with van der Waals surface area (Å²) in [6.07, 6.45) is 0. The van der Waals surface area contributed by atoms with Gasteiger partial charge in [0.1, 0.15) is 18.2 Å². The minimum absolute atomic E-state index is 0.0201. The normalized spacial score (nSPS) is 10.8. The van der Waals surface area contributed by atoms with E-state index in [2.05, 4.69) is 15.7 Å². The number of nitrogens with zero attached hydrogens (tertiary/aromatic N) is 3. The van der Waals surface area contributed by atoms with Gasteiger partial charge in [-0.25, -0.2) is 9.99 Å². The number of amidine groups is 1. The molecule has 0 aliphatic heterocycles. The van der Waals surface area contributed by atoms with Gasteiger partial charge in [-0.3, -0.25) is 19.6 Å². The molecule has 0 saturated heterocycles. The van der Waals surface area contributed by atoms with Crippen molar-refractivity contribution < 1.29 is 4.79 Å². The number of nitrogens with two attached hydrogens (primary N) is 2. The highest BCUT2D eigenvalue weighted by atomic mass is 35.5. The van der Waals surface area contributed by atoms with Crippen molar-refractivity contribution in [2.45, 2.75) is 13.1 Å². The third kappa shape index (κ3) is 5.88. The molecule has 1 amide bonds. The van der Waals surface area contributed by atoms with E-state index in [1.165, 1.54) is 4.57 Å². The third-order valence-electron chi connectivity index (χ3n) is 4.66. The SMILES string of the molecule is CN(C)Nc1c(Cl)nc(-c2cccc(N)c2)n(CC(=O)NCc2ccc(C(=N)N)cc2)c1=O. The van der Waals surface area contributed by atoms with E-state index < -0.39 is 11.5 Å². The van der Waals surface area contributed by atoms with E-state index in [9.17, 15) is 9.59 Å². The summed E-state index contributed by atoms with van der Waals surface area (Å²) in [6, 6.07) is 13.8. The van der Waals surface area contributed by atoms with Crippen molar-refractivity contribution in [3.05, 3.63) is 75.2 Å². The fourth-order valence-electron chi connectivity index (χ4n) is 3.09. The Hall–Kier alpha value is -3.89. The second kappa shape index (κ2) is 10.2. The van der Waals surface area contributed by atoms with Crippen LogP contribution in [0.15, 0.2) is 53.3 Å². The van der Waals surface area contributed by atoms with E-state index in [1.54, 1.807) is 67.6 Å². The molecule has 0 fully saturated rings. The summed E-state index contributed by atoms with van der Waals surface area (Å²) in [4.78, 5) is 30.3. The molecule has 0 atom stereocenters. The number of halogens is 1. The lowest BCUT2D eigenvalue weighted by atomic mass is 10.1. The van der Waals surface area contributed by atoms with Gasteiger partial charge in [-0.05, 0) is 17.7 Å². The summed E-state index contributed by atoms with van der Waals surface area (Å²) in [5.74, 6) is -0.197. The van der Waals surface area contributed by atoms with Gasteiger partial charge in [-0.2, -0.15) is 0 Å². The number of hydrogen-bond donors (Lipinski definition) is 5. The number of carbonyl (C=O) groups is 1. The van der Waals surface area contributed by atoms with Gasteiger partial charge < -0.3 is 22.2 Å². The number of nitrogens with one attached hydrogen (secondary N) is 3. The first-order chi connectivity index (χ1) is 15.7. The minimum Gasteiger partial charge on any atom is -0.399 e. The molecule has 2 aromatic carbocycles. The molecule has 10 nitrogen and oxygen atoms in total. The highest BCUT2D eigenvalue weighted by Gasteiger charge is 2.19. The van der Waals surface area contributed by atoms with Gasteiger partial charge in [-0.1, -0.05) is 48.0 Å². The molecule has 0 spiro atoms. The highest BCUT2D eigenvalue weighted by Crippen LogP contribution is 2.23. The lowest BCUT2D eigenvalue weighted by molar-refractivity contribution is -0.121. The molecular formula is C22H25ClN8O2. The molecule has 33 heavy (non-hydrogen) atoms. The highest BCUT2D eigenvalue weighted by molar-refractivity contribution is 6.32. The van der Waals surface area contributed by atoms with Crippen LogP contribution in [-0.2, 0) is 17.9 Å². The largest absolute Gasteiger partial charge is 0.399 e. The summed E-state index contributed by atoms with van der Waals surface area (Å²) in [6.45, 7) is -0.0377. The third-order valence-corrected chi connectivity index (χ3v) is 4.94. The van der Waals surface area contributed by atoms with Crippen molar-refractivity contribution in [3.63, 3.8) is 0 Å². The topological polar surface area (TPSA) is 155 Å². The summed E-state index contributed by atoms with van der Waals surface area (Å²) >= 11 is 6.28. The molecule has 11 heteroatoms. The maximum absolute atomic E-state index is 13.2. The molecule has 0 saturated carbocycles. The Labute approximate surface area is 195 Å². The van der Waals surface area contributed by atoms with Gasteiger partial charge in [0.25, 0.3) is 5.56 Å². The predicted octanol–water partition coefficient (Wildman–Crippen LogP) is 1.63. The summed E-state index contributed by atoms with van der Waals surface area (Å²) in [5, 5.41) is 11.8. The monoisotopic (exact) mass is 468 g/mol. The quantitative estimate of drug-likeness (QED) is 0.111. The number of hydrazine groups is 1. The second-order valence-electron chi connectivity index (χ2n) is 7.51. The lowest BCUT2D eigenvalue weighted by Gasteiger charge is -2.18. The Morgan fingerprint density at radius 3 is 2.52 bits per heavy atom. The van der Waals surface area contributed by atoms with Crippen LogP contribution in [0, 0.1) is 5.41 Å². The van der Waals surface area contributed by atoms with Crippen molar-refractivity contribution in [2.75, 3.05) is 25.3 Å². The molecule has 0 radical (unpaired) electrons. The van der Waals surface area contributed by atoms with E-state index in [0.717, 1.165) is 5.56 Å². The molecule has 1 aromatic heterocycles. The maximum atomic E-state index is 13.2. The van der Waals surface area contributed by atoms with Crippen LogP contribution < -0.4 is 27.8 Å². The summed E-state index contributed by atoms with van der Waals surface area (Å²) < 4.78 is 1.25.